The van der Waals surface area contributed by atoms with Crippen molar-refractivity contribution in [3.05, 3.63) is 52.6 Å². The third-order valence-electron chi connectivity index (χ3n) is 3.48. The summed E-state index contributed by atoms with van der Waals surface area (Å²) in [6.07, 6.45) is 6.63. The lowest BCUT2D eigenvalue weighted by Crippen LogP contribution is -2.23. The monoisotopic (exact) mass is 309 g/mol. The smallest absolute Gasteiger partial charge is 0.142 e. The number of aryl methyl sites for hydroxylation is 2. The number of nitrogens with one attached hydrogen (secondary N) is 1. The number of aromatic nitrogens is 2. The Bertz CT molecular complexity index is 583. The Morgan fingerprint density at radius 2 is 2.24 bits per heavy atom. The molecule has 0 saturated heterocycles. The summed E-state index contributed by atoms with van der Waals surface area (Å²) in [5.41, 5.74) is 2.00. The summed E-state index contributed by atoms with van der Waals surface area (Å²) >= 11 is 6.12. The standard InChI is InChI=1S/C16H21ClFN3/c1-3-9-19-15(8-7-12-10-20-21(2)11-12)13-5-4-6-14(18)16(13)17/h4-6,10-11,15,19H,3,7-9H2,1-2H3. The van der Waals surface area contributed by atoms with E-state index in [1.807, 2.05) is 25.5 Å². The van der Waals surface area contributed by atoms with Crippen LogP contribution in [0.1, 0.15) is 36.9 Å². The predicted octanol–water partition coefficient (Wildman–Crippen LogP) is 3.89. The molecule has 0 saturated carbocycles. The molecule has 2 rings (SSSR count). The van der Waals surface area contributed by atoms with Crippen LogP contribution in [0.3, 0.4) is 0 Å². The van der Waals surface area contributed by atoms with Gasteiger partial charge < -0.3 is 5.32 Å². The van der Waals surface area contributed by atoms with Crippen LogP contribution in [-0.2, 0) is 13.5 Å². The van der Waals surface area contributed by atoms with Crippen LogP contribution < -0.4 is 5.32 Å². The third-order valence-corrected chi connectivity index (χ3v) is 3.88. The first kappa shape index (κ1) is 16.0. The van der Waals surface area contributed by atoms with Crippen LogP contribution in [0.25, 0.3) is 0 Å². The second kappa shape index (κ2) is 7.57. The van der Waals surface area contributed by atoms with E-state index in [1.54, 1.807) is 10.7 Å². The summed E-state index contributed by atoms with van der Waals surface area (Å²) < 4.78 is 15.4. The number of rotatable bonds is 7. The molecule has 0 fully saturated rings. The van der Waals surface area contributed by atoms with Gasteiger partial charge in [-0.1, -0.05) is 30.7 Å². The van der Waals surface area contributed by atoms with Crippen molar-refractivity contribution in [2.24, 2.45) is 7.05 Å². The fourth-order valence-corrected chi connectivity index (χ4v) is 2.65. The van der Waals surface area contributed by atoms with E-state index in [1.165, 1.54) is 11.6 Å². The maximum absolute atomic E-state index is 13.7. The van der Waals surface area contributed by atoms with Gasteiger partial charge in [0.05, 0.1) is 11.2 Å². The van der Waals surface area contributed by atoms with Gasteiger partial charge in [0.25, 0.3) is 0 Å². The normalized spacial score (nSPS) is 12.6. The number of halogens is 2. The largest absolute Gasteiger partial charge is 0.310 e. The van der Waals surface area contributed by atoms with Crippen LogP contribution in [0.15, 0.2) is 30.6 Å². The molecule has 0 aliphatic heterocycles. The summed E-state index contributed by atoms with van der Waals surface area (Å²) in [6.45, 7) is 2.99. The first-order valence-corrected chi connectivity index (χ1v) is 7.64. The van der Waals surface area contributed by atoms with Crippen molar-refractivity contribution in [3.63, 3.8) is 0 Å². The zero-order valence-corrected chi connectivity index (χ0v) is 13.2. The van der Waals surface area contributed by atoms with Crippen molar-refractivity contribution < 1.29 is 4.39 Å². The van der Waals surface area contributed by atoms with E-state index in [2.05, 4.69) is 17.3 Å². The highest BCUT2D eigenvalue weighted by Gasteiger charge is 2.16. The average Bonchev–Trinajstić information content (AvgIpc) is 2.88. The summed E-state index contributed by atoms with van der Waals surface area (Å²) in [7, 11) is 1.90. The van der Waals surface area contributed by atoms with Crippen LogP contribution in [-0.4, -0.2) is 16.3 Å². The molecule has 2 aromatic rings. The minimum atomic E-state index is -0.362. The van der Waals surface area contributed by atoms with Gasteiger partial charge in [-0.2, -0.15) is 5.10 Å². The fourth-order valence-electron chi connectivity index (χ4n) is 2.39. The van der Waals surface area contributed by atoms with Crippen LogP contribution in [0, 0.1) is 5.82 Å². The number of hydrogen-bond donors (Lipinski definition) is 1. The SMILES string of the molecule is CCCNC(CCc1cnn(C)c1)c1cccc(F)c1Cl. The Morgan fingerprint density at radius 3 is 2.90 bits per heavy atom. The van der Waals surface area contributed by atoms with Crippen molar-refractivity contribution in [2.45, 2.75) is 32.2 Å². The lowest BCUT2D eigenvalue weighted by Gasteiger charge is -2.20. The zero-order chi connectivity index (χ0) is 15.2. The van der Waals surface area contributed by atoms with E-state index in [9.17, 15) is 4.39 Å². The second-order valence-electron chi connectivity index (χ2n) is 5.21. The number of benzene rings is 1. The van der Waals surface area contributed by atoms with Crippen molar-refractivity contribution in [2.75, 3.05) is 6.54 Å². The molecule has 0 spiro atoms. The fraction of sp³-hybridized carbons (Fsp3) is 0.438. The molecule has 0 radical (unpaired) electrons. The first-order valence-electron chi connectivity index (χ1n) is 7.26. The number of hydrogen-bond acceptors (Lipinski definition) is 2. The van der Waals surface area contributed by atoms with Gasteiger partial charge in [-0.15, -0.1) is 0 Å². The Kier molecular flexibility index (Phi) is 5.76. The van der Waals surface area contributed by atoms with Gasteiger partial charge in [0.15, 0.2) is 0 Å². The molecule has 1 aromatic carbocycles. The molecule has 114 valence electrons. The lowest BCUT2D eigenvalue weighted by atomic mass is 9.99. The molecule has 3 nitrogen and oxygen atoms in total. The number of nitrogens with zero attached hydrogens (tertiary/aromatic N) is 2. The van der Waals surface area contributed by atoms with E-state index in [-0.39, 0.29) is 16.9 Å². The second-order valence-corrected chi connectivity index (χ2v) is 5.59. The van der Waals surface area contributed by atoms with Crippen molar-refractivity contribution in [1.82, 2.24) is 15.1 Å². The van der Waals surface area contributed by atoms with Gasteiger partial charge >= 0.3 is 0 Å². The molecule has 0 aliphatic rings. The van der Waals surface area contributed by atoms with Gasteiger partial charge in [-0.3, -0.25) is 4.68 Å². The van der Waals surface area contributed by atoms with E-state index in [4.69, 9.17) is 11.6 Å². The van der Waals surface area contributed by atoms with Crippen molar-refractivity contribution >= 4 is 11.6 Å². The van der Waals surface area contributed by atoms with Crippen molar-refractivity contribution in [3.8, 4) is 0 Å². The van der Waals surface area contributed by atoms with E-state index < -0.39 is 0 Å². The maximum atomic E-state index is 13.7. The molecule has 1 unspecified atom stereocenters. The lowest BCUT2D eigenvalue weighted by molar-refractivity contribution is 0.496. The molecule has 5 heteroatoms. The summed E-state index contributed by atoms with van der Waals surface area (Å²) in [5, 5.41) is 7.84. The van der Waals surface area contributed by atoms with Crippen LogP contribution >= 0.6 is 11.6 Å². The van der Waals surface area contributed by atoms with Gasteiger partial charge in [0, 0.05) is 19.3 Å². The average molecular weight is 310 g/mol. The quantitative estimate of drug-likeness (QED) is 0.841. The Hall–Kier alpha value is -1.39. The highest BCUT2D eigenvalue weighted by atomic mass is 35.5. The van der Waals surface area contributed by atoms with Crippen molar-refractivity contribution in [1.29, 1.82) is 0 Å². The molecular weight excluding hydrogens is 289 g/mol. The molecule has 0 amide bonds. The summed E-state index contributed by atoms with van der Waals surface area (Å²) in [4.78, 5) is 0. The Balaban J connectivity index is 2.11. The molecule has 1 N–H and O–H groups in total. The predicted molar refractivity (Wildman–Crippen MR) is 84.0 cm³/mol. The Morgan fingerprint density at radius 1 is 1.43 bits per heavy atom. The van der Waals surface area contributed by atoms with E-state index in [0.717, 1.165) is 31.4 Å². The molecule has 1 atom stereocenters. The Labute approximate surface area is 130 Å². The highest BCUT2D eigenvalue weighted by molar-refractivity contribution is 6.31. The molecule has 0 bridgehead atoms. The summed E-state index contributed by atoms with van der Waals surface area (Å²) in [5.74, 6) is -0.362. The molecule has 1 heterocycles. The minimum absolute atomic E-state index is 0.0494. The topological polar surface area (TPSA) is 29.9 Å². The van der Waals surface area contributed by atoms with E-state index in [0.29, 0.717) is 0 Å². The molecule has 0 aliphatic carbocycles. The van der Waals surface area contributed by atoms with Crippen LogP contribution in [0.4, 0.5) is 4.39 Å². The third kappa shape index (κ3) is 4.29. The van der Waals surface area contributed by atoms with E-state index >= 15 is 0 Å². The molecule has 1 aromatic heterocycles. The van der Waals surface area contributed by atoms with Crippen LogP contribution in [0.5, 0.6) is 0 Å². The minimum Gasteiger partial charge on any atom is -0.310 e. The maximum Gasteiger partial charge on any atom is 0.142 e. The zero-order valence-electron chi connectivity index (χ0n) is 12.4. The van der Waals surface area contributed by atoms with Gasteiger partial charge in [0.2, 0.25) is 0 Å². The van der Waals surface area contributed by atoms with Crippen LogP contribution in [0.2, 0.25) is 5.02 Å². The molecule has 21 heavy (non-hydrogen) atoms. The van der Waals surface area contributed by atoms with Gasteiger partial charge in [-0.25, -0.2) is 4.39 Å². The van der Waals surface area contributed by atoms with Gasteiger partial charge in [0.1, 0.15) is 5.82 Å². The first-order chi connectivity index (χ1) is 10.1. The highest BCUT2D eigenvalue weighted by Crippen LogP contribution is 2.28. The summed E-state index contributed by atoms with van der Waals surface area (Å²) in [6, 6.07) is 5.04. The molecular formula is C16H21ClFN3. The van der Waals surface area contributed by atoms with Gasteiger partial charge in [-0.05, 0) is 43.0 Å².